The van der Waals surface area contributed by atoms with E-state index in [2.05, 4.69) is 23.9 Å². The lowest BCUT2D eigenvalue weighted by atomic mass is 9.75. The number of fused-ring (bicyclic) bond motifs is 5. The molecule has 0 amide bonds. The van der Waals surface area contributed by atoms with E-state index in [9.17, 15) is 0 Å². The Morgan fingerprint density at radius 3 is 1.78 bits per heavy atom. The number of allylic oxidation sites excluding steroid dienone is 4. The highest BCUT2D eigenvalue weighted by Gasteiger charge is 2.41. The van der Waals surface area contributed by atoms with Crippen LogP contribution in [0.4, 0.5) is 0 Å². The van der Waals surface area contributed by atoms with Crippen LogP contribution in [0.1, 0.15) is 57.8 Å². The maximum absolute atomic E-state index is 2.58. The molecule has 0 spiro atoms. The summed E-state index contributed by atoms with van der Waals surface area (Å²) in [6, 6.07) is 0. The summed E-state index contributed by atoms with van der Waals surface area (Å²) in [4.78, 5) is 0. The zero-order chi connectivity index (χ0) is 11.9. The summed E-state index contributed by atoms with van der Waals surface area (Å²) in [6.45, 7) is 0. The van der Waals surface area contributed by atoms with Gasteiger partial charge in [-0.3, -0.25) is 0 Å². The zero-order valence-corrected chi connectivity index (χ0v) is 12.1. The van der Waals surface area contributed by atoms with Crippen LogP contribution in [-0.2, 0) is 0 Å². The fourth-order valence-corrected chi connectivity index (χ4v) is 6.73. The first-order valence-corrected chi connectivity index (χ1v) is 8.94. The molecule has 4 atom stereocenters. The minimum absolute atomic E-state index is 0.920. The number of thioether (sulfide) groups is 1. The van der Waals surface area contributed by atoms with Crippen molar-refractivity contribution < 1.29 is 0 Å². The molecule has 4 aliphatic rings. The van der Waals surface area contributed by atoms with Crippen LogP contribution in [0.5, 0.6) is 0 Å². The lowest BCUT2D eigenvalue weighted by Gasteiger charge is -2.33. The third-order valence-corrected chi connectivity index (χ3v) is 7.39. The molecule has 18 heavy (non-hydrogen) atoms. The van der Waals surface area contributed by atoms with Gasteiger partial charge in [-0.2, -0.15) is 11.8 Å². The Morgan fingerprint density at radius 1 is 0.722 bits per heavy atom. The van der Waals surface area contributed by atoms with Crippen LogP contribution >= 0.6 is 11.8 Å². The largest absolute Gasteiger partial charge is 0.154 e. The van der Waals surface area contributed by atoms with Gasteiger partial charge in [-0.15, -0.1) is 0 Å². The summed E-state index contributed by atoms with van der Waals surface area (Å²) < 4.78 is 0. The first-order valence-electron chi connectivity index (χ1n) is 7.99. The van der Waals surface area contributed by atoms with Crippen LogP contribution < -0.4 is 0 Å². The van der Waals surface area contributed by atoms with Crippen LogP contribution in [0.3, 0.4) is 0 Å². The molecule has 0 nitrogen and oxygen atoms in total. The van der Waals surface area contributed by atoms with Gasteiger partial charge in [-0.1, -0.05) is 37.8 Å². The summed E-state index contributed by atoms with van der Waals surface area (Å²) in [7, 11) is 0. The molecule has 2 saturated carbocycles. The summed E-state index contributed by atoms with van der Waals surface area (Å²) in [5, 5.41) is 1.92. The highest BCUT2D eigenvalue weighted by atomic mass is 32.2. The van der Waals surface area contributed by atoms with Crippen molar-refractivity contribution in [3.05, 3.63) is 23.3 Å². The fourth-order valence-electron chi connectivity index (χ4n) is 4.73. The van der Waals surface area contributed by atoms with E-state index in [1.54, 1.807) is 0 Å². The van der Waals surface area contributed by atoms with Gasteiger partial charge < -0.3 is 0 Å². The van der Waals surface area contributed by atoms with E-state index in [1.807, 2.05) is 11.1 Å². The van der Waals surface area contributed by atoms with Gasteiger partial charge in [0.05, 0.1) is 0 Å². The fraction of sp³-hybridized carbons (Fsp3) is 0.765. The van der Waals surface area contributed by atoms with Gasteiger partial charge in [0.1, 0.15) is 0 Å². The molecule has 98 valence electrons. The lowest BCUT2D eigenvalue weighted by Crippen LogP contribution is -2.25. The van der Waals surface area contributed by atoms with Gasteiger partial charge >= 0.3 is 0 Å². The topological polar surface area (TPSA) is 0 Å². The minimum atomic E-state index is 0.920. The Balaban J connectivity index is 1.71. The molecule has 3 fully saturated rings. The number of hydrogen-bond acceptors (Lipinski definition) is 1. The first kappa shape index (κ1) is 11.6. The van der Waals surface area contributed by atoms with E-state index in [-0.39, 0.29) is 0 Å². The Labute approximate surface area is 115 Å². The molecule has 0 aromatic carbocycles. The molecule has 1 aliphatic heterocycles. The summed E-state index contributed by atoms with van der Waals surface area (Å²) in [5.74, 6) is 1.84. The van der Waals surface area contributed by atoms with Crippen molar-refractivity contribution in [1.82, 2.24) is 0 Å². The van der Waals surface area contributed by atoms with Gasteiger partial charge in [-0.05, 0) is 55.1 Å². The third-order valence-electron chi connectivity index (χ3n) is 5.56. The average molecular weight is 260 g/mol. The van der Waals surface area contributed by atoms with Crippen molar-refractivity contribution in [3.63, 3.8) is 0 Å². The van der Waals surface area contributed by atoms with Crippen molar-refractivity contribution in [2.75, 3.05) is 0 Å². The Morgan fingerprint density at radius 2 is 1.22 bits per heavy atom. The molecule has 4 unspecified atom stereocenters. The van der Waals surface area contributed by atoms with Gasteiger partial charge in [0.2, 0.25) is 0 Å². The molecule has 0 N–H and O–H groups in total. The van der Waals surface area contributed by atoms with Crippen LogP contribution in [0.15, 0.2) is 23.3 Å². The SMILES string of the molecule is C1=C2C(=CC1)C1CCCCC1SC1CCCCC21. The molecular weight excluding hydrogens is 236 g/mol. The molecule has 3 aliphatic carbocycles. The van der Waals surface area contributed by atoms with Crippen molar-refractivity contribution in [2.24, 2.45) is 11.8 Å². The van der Waals surface area contributed by atoms with Crippen LogP contribution in [-0.4, -0.2) is 10.5 Å². The highest BCUT2D eigenvalue weighted by Crippen LogP contribution is 2.53. The molecule has 0 radical (unpaired) electrons. The Hall–Kier alpha value is -0.170. The van der Waals surface area contributed by atoms with Crippen molar-refractivity contribution in [3.8, 4) is 0 Å². The second-order valence-corrected chi connectivity index (χ2v) is 8.03. The highest BCUT2D eigenvalue weighted by molar-refractivity contribution is 8.00. The van der Waals surface area contributed by atoms with Crippen LogP contribution in [0, 0.1) is 11.8 Å². The summed E-state index contributed by atoms with van der Waals surface area (Å²) in [5.41, 5.74) is 3.61. The Bertz CT molecular complexity index is 356. The van der Waals surface area contributed by atoms with Gasteiger partial charge in [0.25, 0.3) is 0 Å². The predicted molar refractivity (Wildman–Crippen MR) is 79.9 cm³/mol. The van der Waals surface area contributed by atoms with Crippen molar-refractivity contribution >= 4 is 11.8 Å². The maximum atomic E-state index is 2.58. The monoisotopic (exact) mass is 260 g/mol. The maximum Gasteiger partial charge on any atom is 0.0119 e. The van der Waals surface area contributed by atoms with Gasteiger partial charge in [-0.25, -0.2) is 0 Å². The number of rotatable bonds is 0. The van der Waals surface area contributed by atoms with E-state index in [0.29, 0.717) is 0 Å². The standard InChI is InChI=1S/C17H24S/c1-3-10-16-14(6-1)12-8-5-9-13(12)15-7-2-4-11-17(15)18-16/h8-9,14-17H,1-7,10-11H2. The molecule has 0 aromatic heterocycles. The molecule has 4 rings (SSSR count). The number of hydrogen-bond donors (Lipinski definition) is 0. The van der Waals surface area contributed by atoms with Gasteiger partial charge in [0.15, 0.2) is 0 Å². The lowest BCUT2D eigenvalue weighted by molar-refractivity contribution is 0.409. The molecule has 0 bridgehead atoms. The quantitative estimate of drug-likeness (QED) is 0.583. The van der Waals surface area contributed by atoms with E-state index < -0.39 is 0 Å². The average Bonchev–Trinajstić information content (AvgIpc) is 2.84. The summed E-state index contributed by atoms with van der Waals surface area (Å²) >= 11 is 2.40. The predicted octanol–water partition coefficient (Wildman–Crippen LogP) is 5.11. The molecular formula is C17H24S. The summed E-state index contributed by atoms with van der Waals surface area (Å²) in [6.07, 6.45) is 18.2. The third kappa shape index (κ3) is 1.81. The molecule has 1 heteroatoms. The Kier molecular flexibility index (Phi) is 3.06. The molecule has 1 heterocycles. The van der Waals surface area contributed by atoms with E-state index >= 15 is 0 Å². The van der Waals surface area contributed by atoms with E-state index in [1.165, 1.54) is 57.8 Å². The van der Waals surface area contributed by atoms with E-state index in [4.69, 9.17) is 0 Å². The minimum Gasteiger partial charge on any atom is -0.154 e. The second kappa shape index (κ2) is 4.74. The van der Waals surface area contributed by atoms with Crippen molar-refractivity contribution in [2.45, 2.75) is 68.3 Å². The first-order chi connectivity index (χ1) is 8.93. The normalized spacial score (nSPS) is 43.1. The van der Waals surface area contributed by atoms with Crippen molar-refractivity contribution in [1.29, 1.82) is 0 Å². The van der Waals surface area contributed by atoms with Crippen LogP contribution in [0.2, 0.25) is 0 Å². The molecule has 1 saturated heterocycles. The smallest absolute Gasteiger partial charge is 0.0119 e. The van der Waals surface area contributed by atoms with Crippen LogP contribution in [0.25, 0.3) is 0 Å². The van der Waals surface area contributed by atoms with Gasteiger partial charge in [0, 0.05) is 10.5 Å². The zero-order valence-electron chi connectivity index (χ0n) is 11.2. The van der Waals surface area contributed by atoms with E-state index in [0.717, 1.165) is 22.3 Å². The second-order valence-electron chi connectivity index (χ2n) is 6.55. The molecule has 0 aromatic rings.